The number of ether oxygens (including phenoxy) is 1. The number of amides is 2. The number of hydrogen-bond acceptors (Lipinski definition) is 3. The van der Waals surface area contributed by atoms with Crippen LogP contribution < -0.4 is 10.1 Å². The molecule has 0 saturated carbocycles. The normalized spacial score (nSPS) is 14.8. The van der Waals surface area contributed by atoms with Gasteiger partial charge in [0.15, 0.2) is 0 Å². The smallest absolute Gasteiger partial charge is 0.321 e. The number of urea groups is 1. The summed E-state index contributed by atoms with van der Waals surface area (Å²) in [6.45, 7) is 1.18. The number of aliphatic hydroxyl groups is 1. The number of likely N-dealkylation sites (tertiary alicyclic amines) is 1. The van der Waals surface area contributed by atoms with Crippen molar-refractivity contribution in [3.63, 3.8) is 0 Å². The third-order valence-electron chi connectivity index (χ3n) is 6.14. The van der Waals surface area contributed by atoms with Gasteiger partial charge in [0, 0.05) is 18.8 Å². The number of nitrogens with one attached hydrogen (secondary N) is 1. The molecule has 2 amide bonds. The Kier molecular flexibility index (Phi) is 6.23. The zero-order valence-electron chi connectivity index (χ0n) is 17.7. The average Bonchev–Trinajstić information content (AvgIpc) is 2.85. The molecule has 160 valence electrons. The number of carbonyl (C=O) groups is 1. The second-order valence-electron chi connectivity index (χ2n) is 7.92. The molecule has 0 bridgehead atoms. The Morgan fingerprint density at radius 2 is 1.42 bits per heavy atom. The summed E-state index contributed by atoms with van der Waals surface area (Å²) in [5.41, 5.74) is 1.43. The van der Waals surface area contributed by atoms with Crippen LogP contribution in [0.4, 0.5) is 10.5 Å². The minimum atomic E-state index is -1.08. The Morgan fingerprint density at radius 1 is 0.903 bits per heavy atom. The van der Waals surface area contributed by atoms with E-state index in [1.165, 1.54) is 0 Å². The Hall–Kier alpha value is -3.31. The summed E-state index contributed by atoms with van der Waals surface area (Å²) < 4.78 is 5.16. The highest BCUT2D eigenvalue weighted by Crippen LogP contribution is 2.41. The molecule has 0 unspecified atom stereocenters. The molecule has 1 aliphatic rings. The van der Waals surface area contributed by atoms with Crippen LogP contribution in [-0.2, 0) is 5.60 Å². The Morgan fingerprint density at radius 3 is 1.90 bits per heavy atom. The molecule has 31 heavy (non-hydrogen) atoms. The summed E-state index contributed by atoms with van der Waals surface area (Å²) in [5.74, 6) is 0.766. The van der Waals surface area contributed by atoms with Gasteiger partial charge >= 0.3 is 6.03 Å². The predicted molar refractivity (Wildman–Crippen MR) is 122 cm³/mol. The van der Waals surface area contributed by atoms with Crippen molar-refractivity contribution in [2.24, 2.45) is 5.92 Å². The van der Waals surface area contributed by atoms with E-state index in [0.717, 1.165) is 35.4 Å². The lowest BCUT2D eigenvalue weighted by Crippen LogP contribution is -2.47. The first-order chi connectivity index (χ1) is 15.1. The predicted octanol–water partition coefficient (Wildman–Crippen LogP) is 4.88. The highest BCUT2D eigenvalue weighted by molar-refractivity contribution is 5.89. The van der Waals surface area contributed by atoms with Crippen molar-refractivity contribution < 1.29 is 14.6 Å². The van der Waals surface area contributed by atoms with Crippen molar-refractivity contribution in [3.8, 4) is 5.75 Å². The van der Waals surface area contributed by atoms with Crippen LogP contribution in [0.3, 0.4) is 0 Å². The number of piperidine rings is 1. The molecule has 0 spiro atoms. The number of rotatable bonds is 5. The molecule has 5 heteroatoms. The first-order valence-electron chi connectivity index (χ1n) is 10.6. The molecule has 0 radical (unpaired) electrons. The van der Waals surface area contributed by atoms with E-state index in [-0.39, 0.29) is 11.9 Å². The SMILES string of the molecule is COc1ccc(NC(=O)N2CCC(C(O)(c3ccccc3)c3ccccc3)CC2)cc1. The molecule has 0 aliphatic carbocycles. The maximum absolute atomic E-state index is 12.7. The summed E-state index contributed by atoms with van der Waals surface area (Å²) >= 11 is 0. The minimum Gasteiger partial charge on any atom is -0.497 e. The monoisotopic (exact) mass is 416 g/mol. The third-order valence-corrected chi connectivity index (χ3v) is 6.14. The van der Waals surface area contributed by atoms with E-state index in [1.54, 1.807) is 7.11 Å². The van der Waals surface area contributed by atoms with Gasteiger partial charge in [-0.05, 0) is 54.2 Å². The van der Waals surface area contributed by atoms with Crippen LogP contribution in [-0.4, -0.2) is 36.2 Å². The molecule has 1 saturated heterocycles. The molecule has 3 aromatic rings. The lowest BCUT2D eigenvalue weighted by molar-refractivity contribution is -0.00860. The zero-order valence-corrected chi connectivity index (χ0v) is 17.7. The third kappa shape index (κ3) is 4.42. The number of carbonyl (C=O) groups excluding carboxylic acids is 1. The number of methoxy groups -OCH3 is 1. The van der Waals surface area contributed by atoms with E-state index in [1.807, 2.05) is 89.8 Å². The topological polar surface area (TPSA) is 61.8 Å². The average molecular weight is 417 g/mol. The van der Waals surface area contributed by atoms with Gasteiger partial charge in [0.1, 0.15) is 11.4 Å². The second-order valence-corrected chi connectivity index (χ2v) is 7.92. The summed E-state index contributed by atoms with van der Waals surface area (Å²) in [5, 5.41) is 14.9. The molecule has 0 atom stereocenters. The van der Waals surface area contributed by atoms with Crippen molar-refractivity contribution >= 4 is 11.7 Å². The Bertz CT molecular complexity index is 943. The lowest BCUT2D eigenvalue weighted by Gasteiger charge is -2.42. The fraction of sp³-hybridized carbons (Fsp3) is 0.269. The summed E-state index contributed by atoms with van der Waals surface area (Å²) in [7, 11) is 1.61. The molecule has 4 rings (SSSR count). The number of anilines is 1. The van der Waals surface area contributed by atoms with Crippen LogP contribution in [0.1, 0.15) is 24.0 Å². The van der Waals surface area contributed by atoms with Crippen molar-refractivity contribution in [1.82, 2.24) is 4.90 Å². The zero-order chi connectivity index (χ0) is 21.7. The summed E-state index contributed by atoms with van der Waals surface area (Å²) in [6, 6.07) is 26.9. The van der Waals surface area contributed by atoms with Gasteiger partial charge in [0.25, 0.3) is 0 Å². The van der Waals surface area contributed by atoms with Crippen molar-refractivity contribution in [2.75, 3.05) is 25.5 Å². The van der Waals surface area contributed by atoms with Gasteiger partial charge < -0.3 is 20.1 Å². The molecular weight excluding hydrogens is 388 g/mol. The number of benzene rings is 3. The molecule has 5 nitrogen and oxygen atoms in total. The maximum Gasteiger partial charge on any atom is 0.321 e. The molecule has 3 aromatic carbocycles. The second kappa shape index (κ2) is 9.23. The van der Waals surface area contributed by atoms with Crippen LogP contribution >= 0.6 is 0 Å². The van der Waals surface area contributed by atoms with E-state index in [2.05, 4.69) is 5.32 Å². The van der Waals surface area contributed by atoms with Crippen LogP contribution in [0.5, 0.6) is 5.75 Å². The molecule has 1 fully saturated rings. The van der Waals surface area contributed by atoms with E-state index in [0.29, 0.717) is 13.1 Å². The molecule has 1 aliphatic heterocycles. The fourth-order valence-electron chi connectivity index (χ4n) is 4.40. The van der Waals surface area contributed by atoms with Gasteiger partial charge in [0.05, 0.1) is 7.11 Å². The number of hydrogen-bond donors (Lipinski definition) is 2. The maximum atomic E-state index is 12.7. The van der Waals surface area contributed by atoms with Crippen LogP contribution in [0, 0.1) is 5.92 Å². The van der Waals surface area contributed by atoms with Gasteiger partial charge in [-0.15, -0.1) is 0 Å². The van der Waals surface area contributed by atoms with Crippen LogP contribution in [0.25, 0.3) is 0 Å². The fourth-order valence-corrected chi connectivity index (χ4v) is 4.40. The molecule has 1 heterocycles. The first kappa shape index (κ1) is 20.9. The molecule has 2 N–H and O–H groups in total. The van der Waals surface area contributed by atoms with Crippen LogP contribution in [0.2, 0.25) is 0 Å². The van der Waals surface area contributed by atoms with Gasteiger partial charge in [-0.1, -0.05) is 60.7 Å². The molecule has 0 aromatic heterocycles. The number of nitrogens with zero attached hydrogens (tertiary/aromatic N) is 1. The van der Waals surface area contributed by atoms with Crippen molar-refractivity contribution in [2.45, 2.75) is 18.4 Å². The highest BCUT2D eigenvalue weighted by Gasteiger charge is 2.42. The van der Waals surface area contributed by atoms with E-state index >= 15 is 0 Å². The largest absolute Gasteiger partial charge is 0.497 e. The minimum absolute atomic E-state index is 0.0161. The van der Waals surface area contributed by atoms with E-state index in [9.17, 15) is 9.90 Å². The van der Waals surface area contributed by atoms with Gasteiger partial charge in [-0.25, -0.2) is 4.79 Å². The van der Waals surface area contributed by atoms with Gasteiger partial charge in [-0.2, -0.15) is 0 Å². The first-order valence-corrected chi connectivity index (χ1v) is 10.6. The molecular formula is C26H28N2O3. The van der Waals surface area contributed by atoms with Crippen molar-refractivity contribution in [3.05, 3.63) is 96.1 Å². The van der Waals surface area contributed by atoms with Crippen molar-refractivity contribution in [1.29, 1.82) is 0 Å². The Balaban J connectivity index is 1.47. The van der Waals surface area contributed by atoms with E-state index in [4.69, 9.17) is 4.74 Å². The standard InChI is InChI=1S/C26H28N2O3/c1-31-24-14-12-23(13-15-24)27-25(29)28-18-16-22(17-19-28)26(30,20-8-4-2-5-9-20)21-10-6-3-7-11-21/h2-15,22,30H,16-19H2,1H3,(H,27,29). The van der Waals surface area contributed by atoms with Gasteiger partial charge in [0.2, 0.25) is 0 Å². The van der Waals surface area contributed by atoms with Gasteiger partial charge in [-0.3, -0.25) is 0 Å². The summed E-state index contributed by atoms with van der Waals surface area (Å²) in [4.78, 5) is 14.6. The van der Waals surface area contributed by atoms with E-state index < -0.39 is 5.60 Å². The van der Waals surface area contributed by atoms with Crippen LogP contribution in [0.15, 0.2) is 84.9 Å². The quantitative estimate of drug-likeness (QED) is 0.623. The summed E-state index contributed by atoms with van der Waals surface area (Å²) in [6.07, 6.45) is 1.44. The lowest BCUT2D eigenvalue weighted by atomic mass is 9.72. The Labute approximate surface area is 183 Å². The highest BCUT2D eigenvalue weighted by atomic mass is 16.5.